The van der Waals surface area contributed by atoms with E-state index in [9.17, 15) is 0 Å². The second kappa shape index (κ2) is 5.93. The predicted octanol–water partition coefficient (Wildman–Crippen LogP) is 3.50. The van der Waals surface area contributed by atoms with Crippen molar-refractivity contribution in [1.29, 1.82) is 0 Å². The Bertz CT molecular complexity index is 558. The number of hydrogen-bond donors (Lipinski definition) is 1. The maximum atomic E-state index is 5.86. The molecular weight excluding hydrogens is 238 g/mol. The van der Waals surface area contributed by atoms with E-state index in [0.717, 1.165) is 23.6 Å². The molecule has 0 aliphatic heterocycles. The molecule has 0 aliphatic rings. The number of furan rings is 1. The molecular formula is C16H21NO2. The second-order valence-electron chi connectivity index (χ2n) is 4.95. The zero-order valence-corrected chi connectivity index (χ0v) is 12.0. The Labute approximate surface area is 114 Å². The highest BCUT2D eigenvalue weighted by Crippen LogP contribution is 2.24. The van der Waals surface area contributed by atoms with E-state index in [2.05, 4.69) is 38.2 Å². The normalized spacial score (nSPS) is 10.7. The lowest BCUT2D eigenvalue weighted by Gasteiger charge is -2.11. The molecule has 1 heterocycles. The number of hydrogen-bond acceptors (Lipinski definition) is 3. The predicted molar refractivity (Wildman–Crippen MR) is 76.5 cm³/mol. The third kappa shape index (κ3) is 3.38. The van der Waals surface area contributed by atoms with Crippen LogP contribution in [-0.4, -0.2) is 7.05 Å². The van der Waals surface area contributed by atoms with Gasteiger partial charge in [0.2, 0.25) is 0 Å². The second-order valence-corrected chi connectivity index (χ2v) is 4.95. The smallest absolute Gasteiger partial charge is 0.146 e. The molecule has 0 fully saturated rings. The Hall–Kier alpha value is -1.74. The summed E-state index contributed by atoms with van der Waals surface area (Å²) >= 11 is 0. The van der Waals surface area contributed by atoms with Crippen molar-refractivity contribution in [2.45, 2.75) is 33.9 Å². The molecule has 0 saturated carbocycles. The fourth-order valence-corrected chi connectivity index (χ4v) is 2.10. The average molecular weight is 259 g/mol. The van der Waals surface area contributed by atoms with Gasteiger partial charge in [-0.3, -0.25) is 0 Å². The van der Waals surface area contributed by atoms with E-state index in [-0.39, 0.29) is 0 Å². The first-order valence-corrected chi connectivity index (χ1v) is 6.51. The molecule has 0 radical (unpaired) electrons. The quantitative estimate of drug-likeness (QED) is 0.892. The summed E-state index contributed by atoms with van der Waals surface area (Å²) in [6, 6.07) is 6.26. The fourth-order valence-electron chi connectivity index (χ4n) is 2.10. The van der Waals surface area contributed by atoms with Crippen LogP contribution < -0.4 is 10.1 Å². The summed E-state index contributed by atoms with van der Waals surface area (Å²) < 4.78 is 11.3. The highest BCUT2D eigenvalue weighted by Gasteiger charge is 2.06. The molecule has 0 saturated heterocycles. The molecule has 102 valence electrons. The molecule has 2 rings (SSSR count). The summed E-state index contributed by atoms with van der Waals surface area (Å²) in [4.78, 5) is 0. The average Bonchev–Trinajstić information content (AvgIpc) is 2.80. The van der Waals surface area contributed by atoms with Crippen LogP contribution in [0.1, 0.15) is 28.0 Å². The van der Waals surface area contributed by atoms with Gasteiger partial charge in [0.15, 0.2) is 0 Å². The van der Waals surface area contributed by atoms with Crippen LogP contribution in [0.4, 0.5) is 0 Å². The molecule has 0 atom stereocenters. The van der Waals surface area contributed by atoms with Crippen molar-refractivity contribution >= 4 is 0 Å². The monoisotopic (exact) mass is 259 g/mol. The molecule has 0 amide bonds. The SMILES string of the molecule is CNCc1coc(COc2cc(C)cc(C)c2C)c1. The van der Waals surface area contributed by atoms with Crippen molar-refractivity contribution in [3.63, 3.8) is 0 Å². The zero-order valence-electron chi connectivity index (χ0n) is 12.0. The maximum absolute atomic E-state index is 5.86. The first kappa shape index (κ1) is 13.7. The van der Waals surface area contributed by atoms with Gasteiger partial charge in [0.25, 0.3) is 0 Å². The molecule has 19 heavy (non-hydrogen) atoms. The van der Waals surface area contributed by atoms with Crippen molar-refractivity contribution in [2.24, 2.45) is 0 Å². The van der Waals surface area contributed by atoms with Gasteiger partial charge in [-0.2, -0.15) is 0 Å². The van der Waals surface area contributed by atoms with Gasteiger partial charge in [0.05, 0.1) is 6.26 Å². The van der Waals surface area contributed by atoms with E-state index >= 15 is 0 Å². The fraction of sp³-hybridized carbons (Fsp3) is 0.375. The van der Waals surface area contributed by atoms with E-state index < -0.39 is 0 Å². The number of aryl methyl sites for hydroxylation is 2. The van der Waals surface area contributed by atoms with Crippen molar-refractivity contribution in [1.82, 2.24) is 5.32 Å². The largest absolute Gasteiger partial charge is 0.485 e. The Morgan fingerprint density at radius 3 is 2.68 bits per heavy atom. The molecule has 0 bridgehead atoms. The highest BCUT2D eigenvalue weighted by atomic mass is 16.5. The third-order valence-corrected chi connectivity index (χ3v) is 3.22. The molecule has 2 aromatic rings. The van der Waals surface area contributed by atoms with Gasteiger partial charge >= 0.3 is 0 Å². The first-order valence-electron chi connectivity index (χ1n) is 6.51. The van der Waals surface area contributed by atoms with E-state index in [1.807, 2.05) is 13.1 Å². The third-order valence-electron chi connectivity index (χ3n) is 3.22. The van der Waals surface area contributed by atoms with Gasteiger partial charge in [0.1, 0.15) is 18.1 Å². The van der Waals surface area contributed by atoms with Crippen LogP contribution in [0.3, 0.4) is 0 Å². The van der Waals surface area contributed by atoms with Crippen LogP contribution in [0.25, 0.3) is 0 Å². The maximum Gasteiger partial charge on any atom is 0.146 e. The number of rotatable bonds is 5. The van der Waals surface area contributed by atoms with E-state index in [1.165, 1.54) is 16.7 Å². The zero-order chi connectivity index (χ0) is 13.8. The van der Waals surface area contributed by atoms with Gasteiger partial charge in [0, 0.05) is 12.1 Å². The summed E-state index contributed by atoms with van der Waals surface area (Å²) in [5.74, 6) is 1.79. The van der Waals surface area contributed by atoms with Gasteiger partial charge in [-0.25, -0.2) is 0 Å². The Kier molecular flexibility index (Phi) is 4.27. The van der Waals surface area contributed by atoms with Crippen LogP contribution in [-0.2, 0) is 13.2 Å². The van der Waals surface area contributed by atoms with Crippen molar-refractivity contribution < 1.29 is 9.15 Å². The minimum atomic E-state index is 0.466. The summed E-state index contributed by atoms with van der Waals surface area (Å²) in [6.45, 7) is 7.54. The first-order chi connectivity index (χ1) is 9.10. The van der Waals surface area contributed by atoms with Crippen LogP contribution in [0, 0.1) is 20.8 Å². The molecule has 1 aromatic heterocycles. The molecule has 3 nitrogen and oxygen atoms in total. The lowest BCUT2D eigenvalue weighted by atomic mass is 10.1. The van der Waals surface area contributed by atoms with Crippen molar-refractivity contribution in [3.8, 4) is 5.75 Å². The topological polar surface area (TPSA) is 34.4 Å². The van der Waals surface area contributed by atoms with E-state index in [0.29, 0.717) is 6.61 Å². The molecule has 3 heteroatoms. The van der Waals surface area contributed by atoms with Crippen LogP contribution in [0.15, 0.2) is 28.9 Å². The number of nitrogens with one attached hydrogen (secondary N) is 1. The summed E-state index contributed by atoms with van der Waals surface area (Å²) in [5, 5.41) is 3.09. The molecule has 0 spiro atoms. The number of ether oxygens (including phenoxy) is 1. The standard InChI is InChI=1S/C16H21NO2/c1-11-5-12(2)13(3)16(6-11)19-10-15-7-14(8-17-4)9-18-15/h5-7,9,17H,8,10H2,1-4H3. The lowest BCUT2D eigenvalue weighted by molar-refractivity contribution is 0.268. The van der Waals surface area contributed by atoms with Crippen LogP contribution in [0.5, 0.6) is 5.75 Å². The van der Waals surface area contributed by atoms with Gasteiger partial charge in [-0.05, 0) is 56.6 Å². The Morgan fingerprint density at radius 2 is 1.95 bits per heavy atom. The minimum absolute atomic E-state index is 0.466. The molecule has 1 aromatic carbocycles. The molecule has 1 N–H and O–H groups in total. The summed E-state index contributed by atoms with van der Waals surface area (Å²) in [5.41, 5.74) is 4.80. The van der Waals surface area contributed by atoms with Crippen molar-refractivity contribution in [2.75, 3.05) is 7.05 Å². The minimum Gasteiger partial charge on any atom is -0.485 e. The van der Waals surface area contributed by atoms with E-state index in [4.69, 9.17) is 9.15 Å². The Morgan fingerprint density at radius 1 is 1.16 bits per heavy atom. The van der Waals surface area contributed by atoms with Gasteiger partial charge < -0.3 is 14.5 Å². The van der Waals surface area contributed by atoms with Crippen LogP contribution >= 0.6 is 0 Å². The Balaban J connectivity index is 2.05. The highest BCUT2D eigenvalue weighted by molar-refractivity contribution is 5.42. The summed E-state index contributed by atoms with van der Waals surface area (Å²) in [6.07, 6.45) is 1.77. The van der Waals surface area contributed by atoms with Crippen LogP contribution in [0.2, 0.25) is 0 Å². The van der Waals surface area contributed by atoms with Gasteiger partial charge in [-0.1, -0.05) is 6.07 Å². The van der Waals surface area contributed by atoms with E-state index in [1.54, 1.807) is 6.26 Å². The lowest BCUT2D eigenvalue weighted by Crippen LogP contribution is -2.03. The van der Waals surface area contributed by atoms with Crippen molar-refractivity contribution in [3.05, 3.63) is 52.5 Å². The summed E-state index contributed by atoms with van der Waals surface area (Å²) in [7, 11) is 1.92. The molecule has 0 aliphatic carbocycles. The molecule has 0 unspecified atom stereocenters. The van der Waals surface area contributed by atoms with Gasteiger partial charge in [-0.15, -0.1) is 0 Å². The number of benzene rings is 1.